The molecule has 0 spiro atoms. The fraction of sp³-hybridized carbons (Fsp3) is 0.600. The molecule has 1 heterocycles. The average molecular weight is 248 g/mol. The predicted molar refractivity (Wildman–Crippen MR) is 74.2 cm³/mol. The van der Waals surface area contributed by atoms with Gasteiger partial charge in [0.15, 0.2) is 0 Å². The first kappa shape index (κ1) is 13.5. The number of piperidine rings is 1. The minimum Gasteiger partial charge on any atom is -0.384 e. The van der Waals surface area contributed by atoms with Crippen LogP contribution in [0.15, 0.2) is 30.3 Å². The number of aliphatic hydroxyl groups is 1. The number of likely N-dealkylation sites (tertiary alicyclic amines) is 1. The number of hydrogen-bond donors (Lipinski definition) is 2. The van der Waals surface area contributed by atoms with Crippen molar-refractivity contribution < 1.29 is 5.11 Å². The molecule has 1 aromatic carbocycles. The van der Waals surface area contributed by atoms with Gasteiger partial charge < -0.3 is 10.8 Å². The summed E-state index contributed by atoms with van der Waals surface area (Å²) < 4.78 is 0. The molecule has 1 aliphatic rings. The van der Waals surface area contributed by atoms with Gasteiger partial charge in [0.1, 0.15) is 0 Å². The van der Waals surface area contributed by atoms with Crippen LogP contribution < -0.4 is 5.73 Å². The van der Waals surface area contributed by atoms with Gasteiger partial charge in [0.2, 0.25) is 0 Å². The summed E-state index contributed by atoms with van der Waals surface area (Å²) in [4.78, 5) is 2.34. The topological polar surface area (TPSA) is 49.5 Å². The summed E-state index contributed by atoms with van der Waals surface area (Å²) in [6.07, 6.45) is 2.41. The third-order valence-electron chi connectivity index (χ3n) is 3.86. The van der Waals surface area contributed by atoms with E-state index >= 15 is 0 Å². The third kappa shape index (κ3) is 3.31. The molecule has 2 rings (SSSR count). The molecule has 18 heavy (non-hydrogen) atoms. The van der Waals surface area contributed by atoms with Gasteiger partial charge in [-0.05, 0) is 44.3 Å². The van der Waals surface area contributed by atoms with Gasteiger partial charge in [-0.15, -0.1) is 0 Å². The molecule has 0 radical (unpaired) electrons. The lowest BCUT2D eigenvalue weighted by Gasteiger charge is -2.37. The van der Waals surface area contributed by atoms with E-state index in [0.29, 0.717) is 12.5 Å². The van der Waals surface area contributed by atoms with Crippen LogP contribution in [0.5, 0.6) is 0 Å². The SMILES string of the molecule is CC(O)(CN1CCCC(CN)C1)c1ccccc1. The fourth-order valence-electron chi connectivity index (χ4n) is 2.81. The minimum absolute atomic E-state index is 0.588. The van der Waals surface area contributed by atoms with Gasteiger partial charge in [-0.2, -0.15) is 0 Å². The van der Waals surface area contributed by atoms with E-state index in [1.165, 1.54) is 12.8 Å². The van der Waals surface area contributed by atoms with Gasteiger partial charge in [0.05, 0.1) is 5.60 Å². The Labute approximate surface area is 110 Å². The number of rotatable bonds is 4. The van der Waals surface area contributed by atoms with E-state index in [4.69, 9.17) is 5.73 Å². The van der Waals surface area contributed by atoms with E-state index in [9.17, 15) is 5.11 Å². The molecule has 1 aromatic rings. The molecule has 100 valence electrons. The second kappa shape index (κ2) is 5.83. The normalized spacial score (nSPS) is 24.7. The second-order valence-corrected chi connectivity index (χ2v) is 5.62. The lowest BCUT2D eigenvalue weighted by Crippen LogP contribution is -2.45. The van der Waals surface area contributed by atoms with Crippen molar-refractivity contribution >= 4 is 0 Å². The first-order valence-electron chi connectivity index (χ1n) is 6.82. The molecule has 3 nitrogen and oxygen atoms in total. The van der Waals surface area contributed by atoms with Crippen LogP contribution in [0.2, 0.25) is 0 Å². The number of nitrogens with zero attached hydrogens (tertiary/aromatic N) is 1. The summed E-state index contributed by atoms with van der Waals surface area (Å²) in [5, 5.41) is 10.6. The van der Waals surface area contributed by atoms with Gasteiger partial charge in [0.25, 0.3) is 0 Å². The maximum Gasteiger partial charge on any atom is 0.0994 e. The van der Waals surface area contributed by atoms with Crippen molar-refractivity contribution in [2.24, 2.45) is 11.7 Å². The second-order valence-electron chi connectivity index (χ2n) is 5.62. The van der Waals surface area contributed by atoms with E-state index < -0.39 is 5.60 Å². The summed E-state index contributed by atoms with van der Waals surface area (Å²) >= 11 is 0. The van der Waals surface area contributed by atoms with Crippen molar-refractivity contribution in [1.82, 2.24) is 4.90 Å². The highest BCUT2D eigenvalue weighted by Crippen LogP contribution is 2.24. The Balaban J connectivity index is 1.99. The van der Waals surface area contributed by atoms with Crippen LogP contribution in [0.25, 0.3) is 0 Å². The number of β-amino-alcohol motifs (C(OH)–C–C–N with tert-alkyl or cyclic N) is 1. The smallest absolute Gasteiger partial charge is 0.0994 e. The first-order valence-corrected chi connectivity index (χ1v) is 6.82. The van der Waals surface area contributed by atoms with Crippen molar-refractivity contribution in [3.8, 4) is 0 Å². The van der Waals surface area contributed by atoms with Gasteiger partial charge in [-0.1, -0.05) is 30.3 Å². The van der Waals surface area contributed by atoms with Gasteiger partial charge in [-0.3, -0.25) is 4.90 Å². The lowest BCUT2D eigenvalue weighted by molar-refractivity contribution is 0.00383. The number of benzene rings is 1. The molecule has 3 heteroatoms. The van der Waals surface area contributed by atoms with E-state index in [1.807, 2.05) is 37.3 Å². The molecule has 2 atom stereocenters. The molecule has 3 N–H and O–H groups in total. The maximum absolute atomic E-state index is 10.6. The summed E-state index contributed by atoms with van der Waals surface area (Å²) in [6, 6.07) is 9.91. The Bertz CT molecular complexity index is 364. The zero-order chi connectivity index (χ0) is 13.0. The quantitative estimate of drug-likeness (QED) is 0.850. The Morgan fingerprint density at radius 1 is 1.39 bits per heavy atom. The molecule has 0 bridgehead atoms. The van der Waals surface area contributed by atoms with Crippen molar-refractivity contribution in [1.29, 1.82) is 0 Å². The molecule has 0 aliphatic carbocycles. The summed E-state index contributed by atoms with van der Waals surface area (Å²) in [6.45, 7) is 5.42. The first-order chi connectivity index (χ1) is 8.62. The molecule has 1 saturated heterocycles. The predicted octanol–water partition coefficient (Wildman–Crippen LogP) is 1.56. The van der Waals surface area contributed by atoms with Crippen LogP contribution in [-0.2, 0) is 5.60 Å². The highest BCUT2D eigenvalue weighted by Gasteiger charge is 2.28. The van der Waals surface area contributed by atoms with E-state index in [0.717, 1.165) is 25.2 Å². The lowest BCUT2D eigenvalue weighted by atomic mass is 9.92. The van der Waals surface area contributed by atoms with Crippen molar-refractivity contribution in [2.45, 2.75) is 25.4 Å². The van der Waals surface area contributed by atoms with Crippen LogP contribution in [0.1, 0.15) is 25.3 Å². The van der Waals surface area contributed by atoms with Gasteiger partial charge in [0, 0.05) is 13.1 Å². The Hall–Kier alpha value is -0.900. The standard InChI is InChI=1S/C15H24N2O/c1-15(18,14-7-3-2-4-8-14)12-17-9-5-6-13(10-16)11-17/h2-4,7-8,13,18H,5-6,9-12,16H2,1H3. The van der Waals surface area contributed by atoms with E-state index in [2.05, 4.69) is 4.90 Å². The van der Waals surface area contributed by atoms with Crippen molar-refractivity contribution in [3.05, 3.63) is 35.9 Å². The van der Waals surface area contributed by atoms with E-state index in [1.54, 1.807) is 0 Å². The van der Waals surface area contributed by atoms with E-state index in [-0.39, 0.29) is 0 Å². The molecule has 2 unspecified atom stereocenters. The van der Waals surface area contributed by atoms with Crippen LogP contribution in [0.4, 0.5) is 0 Å². The summed E-state index contributed by atoms with van der Waals surface area (Å²) in [5.41, 5.74) is 5.96. The Morgan fingerprint density at radius 2 is 2.11 bits per heavy atom. The Morgan fingerprint density at radius 3 is 2.78 bits per heavy atom. The molecule has 0 amide bonds. The average Bonchev–Trinajstić information content (AvgIpc) is 2.39. The largest absolute Gasteiger partial charge is 0.384 e. The zero-order valence-electron chi connectivity index (χ0n) is 11.2. The summed E-state index contributed by atoms with van der Waals surface area (Å²) in [7, 11) is 0. The molecular formula is C15H24N2O. The minimum atomic E-state index is -0.780. The van der Waals surface area contributed by atoms with Crippen molar-refractivity contribution in [2.75, 3.05) is 26.2 Å². The van der Waals surface area contributed by atoms with Gasteiger partial charge >= 0.3 is 0 Å². The monoisotopic (exact) mass is 248 g/mol. The number of hydrogen-bond acceptors (Lipinski definition) is 3. The number of nitrogens with two attached hydrogens (primary N) is 1. The van der Waals surface area contributed by atoms with Crippen molar-refractivity contribution in [3.63, 3.8) is 0 Å². The van der Waals surface area contributed by atoms with Crippen LogP contribution >= 0.6 is 0 Å². The maximum atomic E-state index is 10.6. The highest BCUT2D eigenvalue weighted by molar-refractivity contribution is 5.21. The molecule has 0 aromatic heterocycles. The molecular weight excluding hydrogens is 224 g/mol. The zero-order valence-corrected chi connectivity index (χ0v) is 11.2. The Kier molecular flexibility index (Phi) is 4.38. The highest BCUT2D eigenvalue weighted by atomic mass is 16.3. The molecule has 0 saturated carbocycles. The molecule has 1 fully saturated rings. The van der Waals surface area contributed by atoms with Crippen LogP contribution in [-0.4, -0.2) is 36.2 Å². The van der Waals surface area contributed by atoms with Gasteiger partial charge in [-0.25, -0.2) is 0 Å². The van der Waals surface area contributed by atoms with Crippen LogP contribution in [0.3, 0.4) is 0 Å². The summed E-state index contributed by atoms with van der Waals surface area (Å²) in [5.74, 6) is 0.588. The van der Waals surface area contributed by atoms with Crippen LogP contribution in [0, 0.1) is 5.92 Å². The molecule has 1 aliphatic heterocycles. The third-order valence-corrected chi connectivity index (χ3v) is 3.86. The fourth-order valence-corrected chi connectivity index (χ4v) is 2.81.